The van der Waals surface area contributed by atoms with E-state index in [0.717, 1.165) is 0 Å². The lowest BCUT2D eigenvalue weighted by atomic mass is 10.0. The van der Waals surface area contributed by atoms with Crippen molar-refractivity contribution in [1.29, 1.82) is 0 Å². The quantitative estimate of drug-likeness (QED) is 0.695. The van der Waals surface area contributed by atoms with Crippen LogP contribution >= 0.6 is 0 Å². The predicted molar refractivity (Wildman–Crippen MR) is 85.0 cm³/mol. The van der Waals surface area contributed by atoms with E-state index in [-0.39, 0.29) is 11.8 Å². The molecular formula is C16H29NO6. The SMILES string of the molecule is CC(C)C[C@H](NC(=O)OC(C)(C)C)C(=O)O[C@H](C(=O)O)C(C)C. The maximum Gasteiger partial charge on any atom is 0.408 e. The molecule has 0 rings (SSSR count). The molecule has 1 amide bonds. The molecule has 0 aromatic rings. The average Bonchev–Trinajstić information content (AvgIpc) is 2.30. The van der Waals surface area contributed by atoms with Crippen LogP contribution in [0.25, 0.3) is 0 Å². The number of rotatable bonds is 7. The zero-order chi connectivity index (χ0) is 18.4. The molecule has 2 atom stereocenters. The zero-order valence-corrected chi connectivity index (χ0v) is 15.0. The van der Waals surface area contributed by atoms with Crippen LogP contribution in [0, 0.1) is 11.8 Å². The normalized spacial score (nSPS) is 14.3. The second kappa shape index (κ2) is 8.74. The van der Waals surface area contributed by atoms with Crippen LogP contribution in [-0.2, 0) is 19.1 Å². The summed E-state index contributed by atoms with van der Waals surface area (Å²) in [6.07, 6.45) is -1.67. The van der Waals surface area contributed by atoms with Crippen molar-refractivity contribution in [1.82, 2.24) is 5.32 Å². The van der Waals surface area contributed by atoms with Gasteiger partial charge in [-0.05, 0) is 33.1 Å². The van der Waals surface area contributed by atoms with Gasteiger partial charge in [0.2, 0.25) is 6.10 Å². The number of esters is 1. The van der Waals surface area contributed by atoms with E-state index in [1.54, 1.807) is 34.6 Å². The lowest BCUT2D eigenvalue weighted by Gasteiger charge is -2.25. The Bertz CT molecular complexity index is 425. The van der Waals surface area contributed by atoms with Crippen LogP contribution in [-0.4, -0.2) is 40.9 Å². The number of amides is 1. The highest BCUT2D eigenvalue weighted by molar-refractivity contribution is 5.84. The molecule has 0 bridgehead atoms. The molecule has 7 nitrogen and oxygen atoms in total. The van der Waals surface area contributed by atoms with Gasteiger partial charge >= 0.3 is 18.0 Å². The van der Waals surface area contributed by atoms with E-state index < -0.39 is 35.8 Å². The minimum absolute atomic E-state index is 0.102. The summed E-state index contributed by atoms with van der Waals surface area (Å²) in [5, 5.41) is 11.6. The first kappa shape index (κ1) is 21.2. The van der Waals surface area contributed by atoms with E-state index in [1.165, 1.54) is 0 Å². The van der Waals surface area contributed by atoms with E-state index in [2.05, 4.69) is 5.32 Å². The Kier molecular flexibility index (Phi) is 8.06. The van der Waals surface area contributed by atoms with Crippen molar-refractivity contribution in [3.8, 4) is 0 Å². The molecular weight excluding hydrogens is 302 g/mol. The first-order valence-electron chi connectivity index (χ1n) is 7.76. The van der Waals surface area contributed by atoms with Crippen molar-refractivity contribution in [3.05, 3.63) is 0 Å². The third kappa shape index (κ3) is 9.05. The van der Waals surface area contributed by atoms with Crippen LogP contribution in [0.1, 0.15) is 54.9 Å². The number of alkyl carbamates (subject to hydrolysis) is 1. The summed E-state index contributed by atoms with van der Waals surface area (Å²) < 4.78 is 10.2. The molecule has 0 saturated carbocycles. The lowest BCUT2D eigenvalue weighted by Crippen LogP contribution is -2.47. The van der Waals surface area contributed by atoms with Gasteiger partial charge in [0.05, 0.1) is 0 Å². The van der Waals surface area contributed by atoms with Gasteiger partial charge in [-0.1, -0.05) is 27.7 Å². The number of carboxylic acids is 1. The smallest absolute Gasteiger partial charge is 0.408 e. The third-order valence-corrected chi connectivity index (χ3v) is 2.77. The first-order chi connectivity index (χ1) is 10.3. The van der Waals surface area contributed by atoms with Gasteiger partial charge in [-0.3, -0.25) is 0 Å². The zero-order valence-electron chi connectivity index (χ0n) is 15.0. The molecule has 0 saturated heterocycles. The minimum Gasteiger partial charge on any atom is -0.478 e. The number of hydrogen-bond acceptors (Lipinski definition) is 5. The predicted octanol–water partition coefficient (Wildman–Crippen LogP) is 2.58. The molecule has 2 N–H and O–H groups in total. The largest absolute Gasteiger partial charge is 0.478 e. The maximum atomic E-state index is 12.2. The molecule has 0 fully saturated rings. The standard InChI is InChI=1S/C16H29NO6/c1-9(2)8-11(17-15(21)23-16(5,6)7)14(20)22-12(10(3)4)13(18)19/h9-12H,8H2,1-7H3,(H,17,21)(H,18,19)/t11-,12-/m0/s1. The van der Waals surface area contributed by atoms with Crippen LogP contribution < -0.4 is 5.32 Å². The van der Waals surface area contributed by atoms with Crippen LogP contribution in [0.3, 0.4) is 0 Å². The van der Waals surface area contributed by atoms with Gasteiger partial charge in [0.25, 0.3) is 0 Å². The van der Waals surface area contributed by atoms with Gasteiger partial charge in [-0.15, -0.1) is 0 Å². The van der Waals surface area contributed by atoms with Crippen LogP contribution in [0.5, 0.6) is 0 Å². The Morgan fingerprint density at radius 1 is 1.09 bits per heavy atom. The Labute approximate surface area is 137 Å². The molecule has 0 spiro atoms. The van der Waals surface area contributed by atoms with E-state index in [0.29, 0.717) is 6.42 Å². The summed E-state index contributed by atoms with van der Waals surface area (Å²) >= 11 is 0. The highest BCUT2D eigenvalue weighted by atomic mass is 16.6. The number of hydrogen-bond donors (Lipinski definition) is 2. The summed E-state index contributed by atoms with van der Waals surface area (Å²) in [6, 6.07) is -0.953. The maximum absolute atomic E-state index is 12.2. The number of carboxylic acid groups (broad SMARTS) is 1. The van der Waals surface area contributed by atoms with Crippen LogP contribution in [0.4, 0.5) is 4.79 Å². The van der Waals surface area contributed by atoms with Crippen molar-refractivity contribution < 1.29 is 29.0 Å². The topological polar surface area (TPSA) is 102 Å². The molecule has 7 heteroatoms. The van der Waals surface area contributed by atoms with E-state index >= 15 is 0 Å². The Hall–Kier alpha value is -1.79. The van der Waals surface area contributed by atoms with Crippen molar-refractivity contribution in [2.45, 2.75) is 72.6 Å². The second-order valence-electron chi connectivity index (χ2n) is 7.27. The molecule has 0 aromatic heterocycles. The Balaban J connectivity index is 4.98. The van der Waals surface area contributed by atoms with Crippen molar-refractivity contribution in [2.24, 2.45) is 11.8 Å². The van der Waals surface area contributed by atoms with Crippen molar-refractivity contribution >= 4 is 18.0 Å². The van der Waals surface area contributed by atoms with Gasteiger partial charge in [-0.2, -0.15) is 0 Å². The molecule has 0 aliphatic rings. The molecule has 23 heavy (non-hydrogen) atoms. The summed E-state index contributed by atoms with van der Waals surface area (Å²) in [7, 11) is 0. The summed E-state index contributed by atoms with van der Waals surface area (Å²) in [6.45, 7) is 12.2. The van der Waals surface area contributed by atoms with Gasteiger partial charge in [-0.25, -0.2) is 14.4 Å². The van der Waals surface area contributed by atoms with Gasteiger partial charge in [0, 0.05) is 5.92 Å². The molecule has 0 radical (unpaired) electrons. The average molecular weight is 331 g/mol. The summed E-state index contributed by atoms with van der Waals surface area (Å²) in [5.41, 5.74) is -0.697. The second-order valence-corrected chi connectivity index (χ2v) is 7.27. The highest BCUT2D eigenvalue weighted by Gasteiger charge is 2.32. The molecule has 0 aliphatic heterocycles. The number of carbonyl (C=O) groups is 3. The fourth-order valence-electron chi connectivity index (χ4n) is 1.81. The number of ether oxygens (including phenoxy) is 2. The molecule has 0 unspecified atom stereocenters. The van der Waals surface area contributed by atoms with Gasteiger partial charge < -0.3 is 19.9 Å². The fraction of sp³-hybridized carbons (Fsp3) is 0.812. The number of nitrogens with one attached hydrogen (secondary N) is 1. The number of carbonyl (C=O) groups excluding carboxylic acids is 2. The molecule has 0 heterocycles. The van der Waals surface area contributed by atoms with Crippen molar-refractivity contribution in [2.75, 3.05) is 0 Å². The summed E-state index contributed by atoms with van der Waals surface area (Å²) in [5.74, 6) is -2.26. The van der Waals surface area contributed by atoms with E-state index in [4.69, 9.17) is 14.6 Å². The third-order valence-electron chi connectivity index (χ3n) is 2.77. The monoisotopic (exact) mass is 331 g/mol. The van der Waals surface area contributed by atoms with Crippen molar-refractivity contribution in [3.63, 3.8) is 0 Å². The first-order valence-corrected chi connectivity index (χ1v) is 7.76. The lowest BCUT2D eigenvalue weighted by molar-refractivity contribution is -0.168. The fourth-order valence-corrected chi connectivity index (χ4v) is 1.81. The molecule has 134 valence electrons. The molecule has 0 aliphatic carbocycles. The van der Waals surface area contributed by atoms with Gasteiger partial charge in [0.15, 0.2) is 0 Å². The Morgan fingerprint density at radius 3 is 1.96 bits per heavy atom. The van der Waals surface area contributed by atoms with Gasteiger partial charge in [0.1, 0.15) is 11.6 Å². The molecule has 0 aromatic carbocycles. The van der Waals surface area contributed by atoms with E-state index in [1.807, 2.05) is 13.8 Å². The van der Waals surface area contributed by atoms with E-state index in [9.17, 15) is 14.4 Å². The number of aliphatic carboxylic acids is 1. The Morgan fingerprint density at radius 2 is 1.61 bits per heavy atom. The minimum atomic E-state index is -1.25. The van der Waals surface area contributed by atoms with Crippen LogP contribution in [0.2, 0.25) is 0 Å². The summed E-state index contributed by atoms with van der Waals surface area (Å²) in [4.78, 5) is 35.2. The highest BCUT2D eigenvalue weighted by Crippen LogP contribution is 2.13. The van der Waals surface area contributed by atoms with Crippen LogP contribution in [0.15, 0.2) is 0 Å².